The molecule has 0 aromatic carbocycles. The average Bonchev–Trinajstić information content (AvgIpc) is 2.00. The molecule has 0 heterocycles. The molecule has 0 fully saturated rings. The van der Waals surface area contributed by atoms with Crippen LogP contribution in [0.25, 0.3) is 0 Å². The SMILES string of the molecule is CC(CO)N(C)C(C)C(=N)N. The number of nitrogens with two attached hydrogens (primary N) is 1. The standard InChI is InChI=1S/C7H17N3O/c1-5(4-11)10(3)6(2)7(8)9/h5-6,11H,4H2,1-3H3,(H3,8,9). The van der Waals surface area contributed by atoms with Gasteiger partial charge in [-0.2, -0.15) is 0 Å². The van der Waals surface area contributed by atoms with Crippen molar-refractivity contribution in [2.75, 3.05) is 13.7 Å². The van der Waals surface area contributed by atoms with Gasteiger partial charge in [0.2, 0.25) is 0 Å². The fraction of sp³-hybridized carbons (Fsp3) is 0.857. The molecule has 0 aliphatic heterocycles. The molecule has 0 bridgehead atoms. The molecule has 11 heavy (non-hydrogen) atoms. The van der Waals surface area contributed by atoms with Crippen LogP contribution in [0.1, 0.15) is 13.8 Å². The van der Waals surface area contributed by atoms with Gasteiger partial charge in [-0.15, -0.1) is 0 Å². The topological polar surface area (TPSA) is 73.3 Å². The molecule has 0 amide bonds. The van der Waals surface area contributed by atoms with Crippen molar-refractivity contribution >= 4 is 5.84 Å². The van der Waals surface area contributed by atoms with E-state index in [-0.39, 0.29) is 24.5 Å². The van der Waals surface area contributed by atoms with Gasteiger partial charge in [-0.05, 0) is 20.9 Å². The highest BCUT2D eigenvalue weighted by Crippen LogP contribution is 2.00. The van der Waals surface area contributed by atoms with E-state index in [0.717, 1.165) is 0 Å². The Kier molecular flexibility index (Phi) is 4.07. The van der Waals surface area contributed by atoms with Gasteiger partial charge in [0.25, 0.3) is 0 Å². The normalized spacial score (nSPS) is 16.5. The van der Waals surface area contributed by atoms with Crippen molar-refractivity contribution in [2.45, 2.75) is 25.9 Å². The van der Waals surface area contributed by atoms with Crippen molar-refractivity contribution < 1.29 is 5.11 Å². The first-order valence-corrected chi connectivity index (χ1v) is 3.67. The van der Waals surface area contributed by atoms with Crippen molar-refractivity contribution in [3.05, 3.63) is 0 Å². The molecule has 4 heteroatoms. The van der Waals surface area contributed by atoms with Gasteiger partial charge in [-0.3, -0.25) is 10.3 Å². The van der Waals surface area contributed by atoms with Crippen molar-refractivity contribution in [1.29, 1.82) is 5.41 Å². The molecule has 4 nitrogen and oxygen atoms in total. The summed E-state index contributed by atoms with van der Waals surface area (Å²) in [6, 6.07) is -0.0500. The number of likely N-dealkylation sites (N-methyl/N-ethyl adjacent to an activating group) is 1. The molecule has 2 unspecified atom stereocenters. The van der Waals surface area contributed by atoms with Crippen molar-refractivity contribution in [1.82, 2.24) is 4.90 Å². The third-order valence-electron chi connectivity index (χ3n) is 2.02. The lowest BCUT2D eigenvalue weighted by atomic mass is 10.2. The van der Waals surface area contributed by atoms with Crippen LogP contribution in [0.5, 0.6) is 0 Å². The Bertz CT molecular complexity index is 138. The van der Waals surface area contributed by atoms with Crippen LogP contribution in [0.4, 0.5) is 0 Å². The second kappa shape index (κ2) is 4.31. The number of aliphatic hydroxyl groups excluding tert-OH is 1. The first-order chi connectivity index (χ1) is 5.00. The summed E-state index contributed by atoms with van der Waals surface area (Å²) in [5.74, 6) is 0.132. The predicted octanol–water partition coefficient (Wildman–Crippen LogP) is -0.377. The van der Waals surface area contributed by atoms with Gasteiger partial charge < -0.3 is 10.8 Å². The van der Waals surface area contributed by atoms with Crippen molar-refractivity contribution in [3.63, 3.8) is 0 Å². The molecule has 2 atom stereocenters. The molecule has 0 rings (SSSR count). The summed E-state index contributed by atoms with van der Waals surface area (Å²) in [6.45, 7) is 3.82. The fourth-order valence-corrected chi connectivity index (χ4v) is 0.730. The van der Waals surface area contributed by atoms with Crippen LogP contribution in [-0.2, 0) is 0 Å². The van der Waals surface area contributed by atoms with Crippen LogP contribution < -0.4 is 5.73 Å². The summed E-state index contributed by atoms with van der Waals surface area (Å²) in [7, 11) is 1.84. The minimum atomic E-state index is -0.0999. The van der Waals surface area contributed by atoms with E-state index in [1.54, 1.807) is 0 Å². The summed E-state index contributed by atoms with van der Waals surface area (Å²) in [4.78, 5) is 1.86. The van der Waals surface area contributed by atoms with Crippen LogP contribution in [0.2, 0.25) is 0 Å². The summed E-state index contributed by atoms with van der Waals surface area (Å²) < 4.78 is 0. The maximum atomic E-state index is 8.78. The molecule has 66 valence electrons. The summed E-state index contributed by atoms with van der Waals surface area (Å²) in [5.41, 5.74) is 5.29. The van der Waals surface area contributed by atoms with Crippen LogP contribution in [0, 0.1) is 5.41 Å². The van der Waals surface area contributed by atoms with Gasteiger partial charge in [0.1, 0.15) is 5.84 Å². The first-order valence-electron chi connectivity index (χ1n) is 3.67. The monoisotopic (exact) mass is 159 g/mol. The zero-order valence-corrected chi connectivity index (χ0v) is 7.33. The van der Waals surface area contributed by atoms with Gasteiger partial charge in [-0.1, -0.05) is 0 Å². The molecular formula is C7H17N3O. The number of nitrogens with one attached hydrogen (secondary N) is 1. The Morgan fingerprint density at radius 2 is 2.09 bits per heavy atom. The molecule has 0 aromatic rings. The number of aliphatic hydroxyl groups is 1. The largest absolute Gasteiger partial charge is 0.395 e. The molecule has 0 aromatic heterocycles. The lowest BCUT2D eigenvalue weighted by molar-refractivity contribution is 0.148. The van der Waals surface area contributed by atoms with Crippen LogP contribution in [0.3, 0.4) is 0 Å². The van der Waals surface area contributed by atoms with E-state index in [2.05, 4.69) is 0 Å². The van der Waals surface area contributed by atoms with E-state index in [0.29, 0.717) is 0 Å². The molecule has 4 N–H and O–H groups in total. The third kappa shape index (κ3) is 2.86. The van der Waals surface area contributed by atoms with E-state index in [9.17, 15) is 0 Å². The third-order valence-corrected chi connectivity index (χ3v) is 2.02. The van der Waals surface area contributed by atoms with Crippen LogP contribution in [-0.4, -0.2) is 41.6 Å². The number of rotatable bonds is 4. The summed E-state index contributed by atoms with van der Waals surface area (Å²) in [6.07, 6.45) is 0. The second-order valence-corrected chi connectivity index (χ2v) is 2.83. The molecule has 0 saturated carbocycles. The lowest BCUT2D eigenvalue weighted by Gasteiger charge is -2.28. The Morgan fingerprint density at radius 1 is 1.64 bits per heavy atom. The predicted molar refractivity (Wildman–Crippen MR) is 45.7 cm³/mol. The van der Waals surface area contributed by atoms with E-state index >= 15 is 0 Å². The van der Waals surface area contributed by atoms with Gasteiger partial charge in [0.05, 0.1) is 12.6 Å². The smallest absolute Gasteiger partial charge is 0.108 e. The highest BCUT2D eigenvalue weighted by molar-refractivity contribution is 5.82. The van der Waals surface area contributed by atoms with Crippen LogP contribution in [0.15, 0.2) is 0 Å². The van der Waals surface area contributed by atoms with E-state index in [1.807, 2.05) is 25.8 Å². The molecule has 0 spiro atoms. The second-order valence-electron chi connectivity index (χ2n) is 2.83. The molecule has 0 radical (unpaired) electrons. The maximum Gasteiger partial charge on any atom is 0.108 e. The summed E-state index contributed by atoms with van der Waals surface area (Å²) in [5, 5.41) is 15.9. The highest BCUT2D eigenvalue weighted by atomic mass is 16.3. The molecule has 0 aliphatic rings. The Labute approximate surface area is 67.5 Å². The van der Waals surface area contributed by atoms with E-state index in [1.165, 1.54) is 0 Å². The minimum Gasteiger partial charge on any atom is -0.395 e. The molecule has 0 saturated heterocycles. The first kappa shape index (κ1) is 10.4. The average molecular weight is 159 g/mol. The van der Waals surface area contributed by atoms with Crippen molar-refractivity contribution in [3.8, 4) is 0 Å². The highest BCUT2D eigenvalue weighted by Gasteiger charge is 2.16. The van der Waals surface area contributed by atoms with Gasteiger partial charge in [0, 0.05) is 6.04 Å². The Hall–Kier alpha value is -0.610. The van der Waals surface area contributed by atoms with Crippen LogP contribution >= 0.6 is 0 Å². The molecule has 0 aliphatic carbocycles. The number of nitrogens with zero attached hydrogens (tertiary/aromatic N) is 1. The lowest BCUT2D eigenvalue weighted by Crippen LogP contribution is -2.45. The number of hydrogen-bond acceptors (Lipinski definition) is 3. The van der Waals surface area contributed by atoms with Gasteiger partial charge in [0.15, 0.2) is 0 Å². The van der Waals surface area contributed by atoms with Gasteiger partial charge >= 0.3 is 0 Å². The Morgan fingerprint density at radius 3 is 2.36 bits per heavy atom. The number of amidine groups is 1. The van der Waals surface area contributed by atoms with Crippen molar-refractivity contribution in [2.24, 2.45) is 5.73 Å². The summed E-state index contributed by atoms with van der Waals surface area (Å²) >= 11 is 0. The fourth-order valence-electron chi connectivity index (χ4n) is 0.730. The quantitative estimate of drug-likeness (QED) is 0.387. The minimum absolute atomic E-state index is 0.0499. The zero-order valence-electron chi connectivity index (χ0n) is 7.33. The number of hydrogen-bond donors (Lipinski definition) is 3. The van der Waals surface area contributed by atoms with Gasteiger partial charge in [-0.25, -0.2) is 0 Å². The maximum absolute atomic E-state index is 8.78. The van der Waals surface area contributed by atoms with E-state index < -0.39 is 0 Å². The Balaban J connectivity index is 4.00. The van der Waals surface area contributed by atoms with E-state index in [4.69, 9.17) is 16.2 Å². The zero-order chi connectivity index (χ0) is 9.02. The molecular weight excluding hydrogens is 142 g/mol.